The second kappa shape index (κ2) is 5.59. The van der Waals surface area contributed by atoms with Crippen molar-refractivity contribution in [3.63, 3.8) is 0 Å². The van der Waals surface area contributed by atoms with Crippen molar-refractivity contribution in [2.75, 3.05) is 6.54 Å². The Hall–Kier alpha value is -1.68. The molecule has 2 N–H and O–H groups in total. The first-order chi connectivity index (χ1) is 8.29. The third-order valence-electron chi connectivity index (χ3n) is 2.63. The molecular formula is C13H15N3S. The van der Waals surface area contributed by atoms with Crippen LogP contribution >= 0.6 is 12.2 Å². The summed E-state index contributed by atoms with van der Waals surface area (Å²) < 4.78 is 0. The van der Waals surface area contributed by atoms with Gasteiger partial charge in [0, 0.05) is 25.1 Å². The lowest BCUT2D eigenvalue weighted by atomic mass is 10.1. The first-order valence-electron chi connectivity index (χ1n) is 5.56. The Balaban J connectivity index is 1.90. The molecule has 0 spiro atoms. The molecule has 0 bridgehead atoms. The summed E-state index contributed by atoms with van der Waals surface area (Å²) in [6, 6.07) is 8.41. The van der Waals surface area contributed by atoms with Crippen molar-refractivity contribution in [1.82, 2.24) is 10.7 Å². The molecule has 0 heterocycles. The SMILES string of the molecule is C=CCNC(=S)NN=C1Cc2ccccc2C1. The Morgan fingerprint density at radius 2 is 2.00 bits per heavy atom. The van der Waals surface area contributed by atoms with Crippen LogP contribution in [-0.2, 0) is 12.8 Å². The number of nitrogens with one attached hydrogen (secondary N) is 2. The van der Waals surface area contributed by atoms with E-state index in [0.29, 0.717) is 11.7 Å². The number of fused-ring (bicyclic) bond motifs is 1. The minimum Gasteiger partial charge on any atom is -0.358 e. The first kappa shape index (κ1) is 11.8. The van der Waals surface area contributed by atoms with E-state index in [1.807, 2.05) is 0 Å². The van der Waals surface area contributed by atoms with Crippen LogP contribution < -0.4 is 10.7 Å². The molecule has 4 heteroatoms. The Morgan fingerprint density at radius 3 is 2.59 bits per heavy atom. The molecule has 0 saturated heterocycles. The van der Waals surface area contributed by atoms with Crippen LogP contribution in [0.1, 0.15) is 11.1 Å². The molecule has 0 amide bonds. The zero-order valence-corrected chi connectivity index (χ0v) is 10.4. The van der Waals surface area contributed by atoms with E-state index in [-0.39, 0.29) is 0 Å². The van der Waals surface area contributed by atoms with E-state index in [0.717, 1.165) is 18.6 Å². The quantitative estimate of drug-likeness (QED) is 0.484. The smallest absolute Gasteiger partial charge is 0.187 e. The summed E-state index contributed by atoms with van der Waals surface area (Å²) in [6.07, 6.45) is 3.58. The average Bonchev–Trinajstić information content (AvgIpc) is 2.76. The molecular weight excluding hydrogens is 230 g/mol. The highest BCUT2D eigenvalue weighted by atomic mass is 32.1. The van der Waals surface area contributed by atoms with Gasteiger partial charge in [0.05, 0.1) is 0 Å². The van der Waals surface area contributed by atoms with Crippen LogP contribution in [0.5, 0.6) is 0 Å². The summed E-state index contributed by atoms with van der Waals surface area (Å²) in [5, 5.41) is 7.83. The second-order valence-electron chi connectivity index (χ2n) is 3.91. The molecule has 2 rings (SSSR count). The van der Waals surface area contributed by atoms with Gasteiger partial charge in [0.1, 0.15) is 0 Å². The number of hydrazone groups is 1. The molecule has 3 nitrogen and oxygen atoms in total. The van der Waals surface area contributed by atoms with Gasteiger partial charge in [-0.15, -0.1) is 6.58 Å². The zero-order valence-electron chi connectivity index (χ0n) is 9.57. The molecule has 0 atom stereocenters. The summed E-state index contributed by atoms with van der Waals surface area (Å²) in [5.74, 6) is 0. The van der Waals surface area contributed by atoms with E-state index in [1.165, 1.54) is 11.1 Å². The number of thiocarbonyl (C=S) groups is 1. The fraction of sp³-hybridized carbons (Fsp3) is 0.231. The number of nitrogens with zero attached hydrogens (tertiary/aromatic N) is 1. The molecule has 0 fully saturated rings. The molecule has 1 aliphatic rings. The molecule has 1 aromatic carbocycles. The minimum atomic E-state index is 0.536. The topological polar surface area (TPSA) is 36.4 Å². The highest BCUT2D eigenvalue weighted by Gasteiger charge is 2.15. The predicted octanol–water partition coefficient (Wildman–Crippen LogP) is 1.79. The maximum absolute atomic E-state index is 5.06. The third kappa shape index (κ3) is 3.14. The van der Waals surface area contributed by atoms with E-state index < -0.39 is 0 Å². The highest BCUT2D eigenvalue weighted by Crippen LogP contribution is 2.19. The molecule has 0 saturated carbocycles. The molecule has 88 valence electrons. The van der Waals surface area contributed by atoms with E-state index in [9.17, 15) is 0 Å². The largest absolute Gasteiger partial charge is 0.358 e. The molecule has 0 aromatic heterocycles. The van der Waals surface area contributed by atoms with Gasteiger partial charge in [-0.25, -0.2) is 0 Å². The summed E-state index contributed by atoms with van der Waals surface area (Å²) >= 11 is 5.06. The second-order valence-corrected chi connectivity index (χ2v) is 4.32. The van der Waals surface area contributed by atoms with Gasteiger partial charge in [-0.2, -0.15) is 5.10 Å². The Labute approximate surface area is 107 Å². The van der Waals surface area contributed by atoms with Crippen molar-refractivity contribution >= 4 is 23.0 Å². The Morgan fingerprint density at radius 1 is 1.35 bits per heavy atom. The molecule has 17 heavy (non-hydrogen) atoms. The third-order valence-corrected chi connectivity index (χ3v) is 2.87. The minimum absolute atomic E-state index is 0.536. The lowest BCUT2D eigenvalue weighted by Crippen LogP contribution is -2.32. The monoisotopic (exact) mass is 245 g/mol. The summed E-state index contributed by atoms with van der Waals surface area (Å²) in [6.45, 7) is 4.26. The maximum Gasteiger partial charge on any atom is 0.187 e. The molecule has 1 aliphatic carbocycles. The Kier molecular flexibility index (Phi) is 3.88. The van der Waals surface area contributed by atoms with E-state index >= 15 is 0 Å². The van der Waals surface area contributed by atoms with Crippen LogP contribution in [0.4, 0.5) is 0 Å². The van der Waals surface area contributed by atoms with Crippen LogP contribution in [0.3, 0.4) is 0 Å². The lowest BCUT2D eigenvalue weighted by molar-refractivity contribution is 0.930. The van der Waals surface area contributed by atoms with Gasteiger partial charge < -0.3 is 5.32 Å². The lowest BCUT2D eigenvalue weighted by Gasteiger charge is -2.04. The van der Waals surface area contributed by atoms with Gasteiger partial charge in [0.25, 0.3) is 0 Å². The fourth-order valence-electron chi connectivity index (χ4n) is 1.82. The summed E-state index contributed by atoms with van der Waals surface area (Å²) in [7, 11) is 0. The van der Waals surface area contributed by atoms with Crippen molar-refractivity contribution in [3.8, 4) is 0 Å². The fourth-order valence-corrected chi connectivity index (χ4v) is 1.95. The molecule has 0 radical (unpaired) electrons. The van der Waals surface area contributed by atoms with Gasteiger partial charge in [-0.1, -0.05) is 30.3 Å². The van der Waals surface area contributed by atoms with Crippen LogP contribution in [-0.4, -0.2) is 17.4 Å². The summed E-state index contributed by atoms with van der Waals surface area (Å²) in [4.78, 5) is 0. The first-order valence-corrected chi connectivity index (χ1v) is 5.97. The van der Waals surface area contributed by atoms with Crippen LogP contribution in [0.2, 0.25) is 0 Å². The van der Waals surface area contributed by atoms with Gasteiger partial charge in [0.2, 0.25) is 0 Å². The van der Waals surface area contributed by atoms with Crippen molar-refractivity contribution in [2.45, 2.75) is 12.8 Å². The summed E-state index contributed by atoms with van der Waals surface area (Å²) in [5.41, 5.74) is 6.69. The van der Waals surface area contributed by atoms with Gasteiger partial charge in [-0.3, -0.25) is 5.43 Å². The Bertz CT molecular complexity index is 438. The standard InChI is InChI=1S/C13H15N3S/c1-2-7-14-13(17)16-15-12-8-10-5-3-4-6-11(10)9-12/h2-6H,1,7-9H2,(H2,14,16,17). The van der Waals surface area contributed by atoms with Crippen LogP contribution in [0.15, 0.2) is 42.0 Å². The highest BCUT2D eigenvalue weighted by molar-refractivity contribution is 7.80. The van der Waals surface area contributed by atoms with Gasteiger partial charge in [-0.05, 0) is 23.3 Å². The van der Waals surface area contributed by atoms with Crippen molar-refractivity contribution in [1.29, 1.82) is 0 Å². The predicted molar refractivity (Wildman–Crippen MR) is 75.2 cm³/mol. The number of hydrogen-bond acceptors (Lipinski definition) is 2. The van der Waals surface area contributed by atoms with Crippen LogP contribution in [0.25, 0.3) is 0 Å². The number of benzene rings is 1. The molecule has 0 unspecified atom stereocenters. The van der Waals surface area contributed by atoms with Gasteiger partial charge in [0.15, 0.2) is 5.11 Å². The van der Waals surface area contributed by atoms with E-state index in [1.54, 1.807) is 6.08 Å². The number of hydrogen-bond donors (Lipinski definition) is 2. The van der Waals surface area contributed by atoms with Crippen molar-refractivity contribution in [2.24, 2.45) is 5.10 Å². The molecule has 1 aromatic rings. The van der Waals surface area contributed by atoms with Crippen molar-refractivity contribution in [3.05, 3.63) is 48.0 Å². The van der Waals surface area contributed by atoms with Gasteiger partial charge >= 0.3 is 0 Å². The number of rotatable bonds is 3. The van der Waals surface area contributed by atoms with Crippen LogP contribution in [0, 0.1) is 0 Å². The molecule has 0 aliphatic heterocycles. The normalized spacial score (nSPS) is 12.8. The van der Waals surface area contributed by atoms with Crippen molar-refractivity contribution < 1.29 is 0 Å². The van der Waals surface area contributed by atoms with E-state index in [4.69, 9.17) is 12.2 Å². The average molecular weight is 245 g/mol. The maximum atomic E-state index is 5.06. The zero-order chi connectivity index (χ0) is 12.1. The van der Waals surface area contributed by atoms with E-state index in [2.05, 4.69) is 46.7 Å².